The first-order valence-electron chi connectivity index (χ1n) is 8.81. The van der Waals surface area contributed by atoms with E-state index in [1.54, 1.807) is 18.2 Å². The molecule has 1 N–H and O–H groups in total. The van der Waals surface area contributed by atoms with Gasteiger partial charge in [-0.25, -0.2) is 9.97 Å². The second-order valence-corrected chi connectivity index (χ2v) is 7.60. The van der Waals surface area contributed by atoms with Crippen molar-refractivity contribution in [3.05, 3.63) is 72.6 Å². The third-order valence-corrected chi connectivity index (χ3v) is 4.60. The highest BCUT2D eigenvalue weighted by Crippen LogP contribution is 2.43. The molecule has 0 aliphatic heterocycles. The third-order valence-electron chi connectivity index (χ3n) is 4.60. The average Bonchev–Trinajstić information content (AvgIpc) is 2.66. The van der Waals surface area contributed by atoms with Crippen molar-refractivity contribution in [2.45, 2.75) is 32.7 Å². The quantitative estimate of drug-likeness (QED) is 0.683. The standard InChI is InChI=1S/C21H20F3N3O2/c1-19(2,3)20(28,16-11-25-13-26-12-16)18-8-7-15(10-27-18)14-5-4-6-17(9-14)29-21(22,23)24/h4-13,28H,1-3H3. The van der Waals surface area contributed by atoms with Crippen molar-refractivity contribution in [2.75, 3.05) is 0 Å². The molecule has 8 heteroatoms. The average molecular weight is 403 g/mol. The van der Waals surface area contributed by atoms with Crippen LogP contribution in [-0.4, -0.2) is 26.4 Å². The summed E-state index contributed by atoms with van der Waals surface area (Å²) >= 11 is 0. The van der Waals surface area contributed by atoms with Gasteiger partial charge >= 0.3 is 6.36 Å². The number of halogens is 3. The van der Waals surface area contributed by atoms with E-state index in [2.05, 4.69) is 19.7 Å². The predicted molar refractivity (Wildman–Crippen MR) is 101 cm³/mol. The number of hydrogen-bond donors (Lipinski definition) is 1. The Balaban J connectivity index is 1.98. The molecule has 0 aliphatic rings. The number of nitrogens with zero attached hydrogens (tertiary/aromatic N) is 3. The number of alkyl halides is 3. The lowest BCUT2D eigenvalue weighted by atomic mass is 9.70. The van der Waals surface area contributed by atoms with Gasteiger partial charge in [0.05, 0.1) is 5.69 Å². The summed E-state index contributed by atoms with van der Waals surface area (Å²) in [5.41, 5.74) is -0.129. The van der Waals surface area contributed by atoms with Crippen molar-refractivity contribution in [1.82, 2.24) is 15.0 Å². The number of pyridine rings is 1. The summed E-state index contributed by atoms with van der Waals surface area (Å²) in [7, 11) is 0. The second kappa shape index (κ2) is 7.44. The summed E-state index contributed by atoms with van der Waals surface area (Å²) in [4.78, 5) is 12.4. The summed E-state index contributed by atoms with van der Waals surface area (Å²) in [5, 5.41) is 11.5. The highest BCUT2D eigenvalue weighted by Gasteiger charge is 2.45. The van der Waals surface area contributed by atoms with Crippen LogP contribution < -0.4 is 4.74 Å². The van der Waals surface area contributed by atoms with Crippen LogP contribution in [0.15, 0.2) is 61.3 Å². The van der Waals surface area contributed by atoms with Gasteiger partial charge in [0.15, 0.2) is 0 Å². The maximum absolute atomic E-state index is 12.5. The lowest BCUT2D eigenvalue weighted by Crippen LogP contribution is -2.42. The van der Waals surface area contributed by atoms with Gasteiger partial charge in [-0.15, -0.1) is 13.2 Å². The van der Waals surface area contributed by atoms with Gasteiger partial charge in [-0.1, -0.05) is 39.0 Å². The van der Waals surface area contributed by atoms with Crippen molar-refractivity contribution in [3.8, 4) is 16.9 Å². The fourth-order valence-electron chi connectivity index (χ4n) is 3.10. The van der Waals surface area contributed by atoms with E-state index in [0.717, 1.165) is 0 Å². The molecule has 0 spiro atoms. The molecule has 0 fully saturated rings. The van der Waals surface area contributed by atoms with Gasteiger partial charge in [-0.2, -0.15) is 0 Å². The Morgan fingerprint density at radius 1 is 0.897 bits per heavy atom. The minimum absolute atomic E-state index is 0.313. The fourth-order valence-corrected chi connectivity index (χ4v) is 3.10. The Hall–Kier alpha value is -3.00. The topological polar surface area (TPSA) is 68.1 Å². The summed E-state index contributed by atoms with van der Waals surface area (Å²) in [5.74, 6) is -0.313. The van der Waals surface area contributed by atoms with E-state index in [1.807, 2.05) is 20.8 Å². The molecule has 0 amide bonds. The highest BCUT2D eigenvalue weighted by atomic mass is 19.4. The van der Waals surface area contributed by atoms with Crippen LogP contribution in [0.4, 0.5) is 13.2 Å². The van der Waals surface area contributed by atoms with Gasteiger partial charge in [0.2, 0.25) is 0 Å². The van der Waals surface area contributed by atoms with E-state index >= 15 is 0 Å². The molecule has 152 valence electrons. The summed E-state index contributed by atoms with van der Waals surface area (Å²) in [6.45, 7) is 5.61. The van der Waals surface area contributed by atoms with E-state index in [4.69, 9.17) is 0 Å². The van der Waals surface area contributed by atoms with Crippen LogP contribution in [0.2, 0.25) is 0 Å². The molecular formula is C21H20F3N3O2. The Bertz CT molecular complexity index is 971. The SMILES string of the molecule is CC(C)(C)C(O)(c1cncnc1)c1ccc(-c2cccc(OC(F)(F)F)c2)cn1. The van der Waals surface area contributed by atoms with Crippen LogP contribution in [0.25, 0.3) is 11.1 Å². The zero-order valence-electron chi connectivity index (χ0n) is 16.1. The summed E-state index contributed by atoms with van der Waals surface area (Å²) < 4.78 is 41.4. The Morgan fingerprint density at radius 3 is 2.14 bits per heavy atom. The van der Waals surface area contributed by atoms with E-state index in [-0.39, 0.29) is 5.75 Å². The molecule has 29 heavy (non-hydrogen) atoms. The van der Waals surface area contributed by atoms with Gasteiger partial charge < -0.3 is 9.84 Å². The van der Waals surface area contributed by atoms with Gasteiger partial charge in [0, 0.05) is 35.1 Å². The monoisotopic (exact) mass is 403 g/mol. The van der Waals surface area contributed by atoms with Crippen LogP contribution in [0, 0.1) is 5.41 Å². The lowest BCUT2D eigenvalue weighted by Gasteiger charge is -2.39. The zero-order valence-corrected chi connectivity index (χ0v) is 16.1. The molecule has 5 nitrogen and oxygen atoms in total. The molecule has 1 unspecified atom stereocenters. The highest BCUT2D eigenvalue weighted by molar-refractivity contribution is 5.64. The van der Waals surface area contributed by atoms with Crippen LogP contribution in [0.5, 0.6) is 5.75 Å². The summed E-state index contributed by atoms with van der Waals surface area (Å²) in [6, 6.07) is 8.97. The maximum Gasteiger partial charge on any atom is 0.573 e. The van der Waals surface area contributed by atoms with Crippen LogP contribution in [0.1, 0.15) is 32.0 Å². The van der Waals surface area contributed by atoms with E-state index < -0.39 is 17.4 Å². The van der Waals surface area contributed by atoms with Crippen LogP contribution in [-0.2, 0) is 5.60 Å². The Kier molecular flexibility index (Phi) is 5.32. The van der Waals surface area contributed by atoms with Gasteiger partial charge in [-0.05, 0) is 23.8 Å². The molecule has 3 aromatic rings. The van der Waals surface area contributed by atoms with Gasteiger partial charge in [-0.3, -0.25) is 4.98 Å². The number of hydrogen-bond acceptors (Lipinski definition) is 5. The van der Waals surface area contributed by atoms with Gasteiger partial charge in [0.25, 0.3) is 0 Å². The maximum atomic E-state index is 12.5. The molecule has 0 bridgehead atoms. The molecule has 0 saturated carbocycles. The molecule has 1 atom stereocenters. The smallest absolute Gasteiger partial charge is 0.406 e. The first kappa shape index (κ1) is 20.7. The van der Waals surface area contributed by atoms with Crippen molar-refractivity contribution in [3.63, 3.8) is 0 Å². The molecule has 0 saturated heterocycles. The van der Waals surface area contributed by atoms with Crippen molar-refractivity contribution in [2.24, 2.45) is 5.41 Å². The third kappa shape index (κ3) is 4.37. The van der Waals surface area contributed by atoms with Gasteiger partial charge in [0.1, 0.15) is 17.7 Å². The summed E-state index contributed by atoms with van der Waals surface area (Å²) in [6.07, 6.45) is 1.18. The van der Waals surface area contributed by atoms with E-state index in [1.165, 1.54) is 43.1 Å². The van der Waals surface area contributed by atoms with Crippen molar-refractivity contribution >= 4 is 0 Å². The van der Waals surface area contributed by atoms with Crippen molar-refractivity contribution in [1.29, 1.82) is 0 Å². The Labute approximate surface area is 166 Å². The van der Waals surface area contributed by atoms with E-state index in [0.29, 0.717) is 22.4 Å². The largest absolute Gasteiger partial charge is 0.573 e. The molecule has 2 heterocycles. The zero-order chi connectivity index (χ0) is 21.3. The minimum atomic E-state index is -4.76. The molecule has 0 aliphatic carbocycles. The molecule has 1 aromatic carbocycles. The first-order chi connectivity index (χ1) is 13.5. The Morgan fingerprint density at radius 2 is 1.59 bits per heavy atom. The number of aliphatic hydroxyl groups is 1. The first-order valence-corrected chi connectivity index (χ1v) is 8.81. The molecular weight excluding hydrogens is 383 g/mol. The molecule has 0 radical (unpaired) electrons. The fraction of sp³-hybridized carbons (Fsp3) is 0.286. The minimum Gasteiger partial charge on any atom is -0.406 e. The number of benzene rings is 1. The lowest BCUT2D eigenvalue weighted by molar-refractivity contribution is -0.274. The van der Waals surface area contributed by atoms with Crippen molar-refractivity contribution < 1.29 is 23.0 Å². The number of aromatic nitrogens is 3. The normalized spacial score (nSPS) is 14.3. The molecule has 3 rings (SSSR count). The predicted octanol–water partition coefficient (Wildman–Crippen LogP) is 4.72. The second-order valence-electron chi connectivity index (χ2n) is 7.60. The van der Waals surface area contributed by atoms with Crippen LogP contribution in [0.3, 0.4) is 0 Å². The van der Waals surface area contributed by atoms with E-state index in [9.17, 15) is 18.3 Å². The number of rotatable bonds is 4. The van der Waals surface area contributed by atoms with Crippen LogP contribution >= 0.6 is 0 Å². The number of ether oxygens (including phenoxy) is 1. The molecule has 2 aromatic heterocycles.